The smallest absolute Gasteiger partial charge is 0.266 e. The van der Waals surface area contributed by atoms with Crippen molar-refractivity contribution in [2.24, 2.45) is 0 Å². The molecule has 0 spiro atoms. The van der Waals surface area contributed by atoms with Gasteiger partial charge in [-0.1, -0.05) is 47.5 Å². The topological polar surface area (TPSA) is 91.2 Å². The molecule has 0 saturated carbocycles. The Bertz CT molecular complexity index is 1340. The molecule has 0 radical (unpaired) electrons. The summed E-state index contributed by atoms with van der Waals surface area (Å²) in [4.78, 5) is 24.9. The van der Waals surface area contributed by atoms with Gasteiger partial charge < -0.3 is 15.4 Å². The molecule has 0 heterocycles. The van der Waals surface area contributed by atoms with E-state index in [0.29, 0.717) is 16.9 Å². The Morgan fingerprint density at radius 1 is 0.943 bits per heavy atom. The largest absolute Gasteiger partial charge is 0.481 e. The summed E-state index contributed by atoms with van der Waals surface area (Å²) in [6.45, 7) is 5.50. The predicted octanol–water partition coefficient (Wildman–Crippen LogP) is 6.48. The summed E-state index contributed by atoms with van der Waals surface area (Å²) in [5.41, 5.74) is 4.63. The first-order chi connectivity index (χ1) is 16.7. The zero-order valence-electron chi connectivity index (χ0n) is 19.4. The lowest BCUT2D eigenvalue weighted by molar-refractivity contribution is -0.118. The van der Waals surface area contributed by atoms with E-state index in [2.05, 4.69) is 10.6 Å². The highest BCUT2D eigenvalue weighted by atomic mass is 35.5. The number of hydrogen-bond acceptors (Lipinski definition) is 4. The van der Waals surface area contributed by atoms with Gasteiger partial charge >= 0.3 is 0 Å². The summed E-state index contributed by atoms with van der Waals surface area (Å²) >= 11 is 12.6. The van der Waals surface area contributed by atoms with Crippen molar-refractivity contribution in [2.45, 2.75) is 20.8 Å². The van der Waals surface area contributed by atoms with Crippen LogP contribution in [0.1, 0.15) is 22.3 Å². The highest BCUT2D eigenvalue weighted by Crippen LogP contribution is 2.35. The molecule has 6 nitrogen and oxygen atoms in total. The minimum Gasteiger partial charge on any atom is -0.481 e. The van der Waals surface area contributed by atoms with Gasteiger partial charge in [-0.3, -0.25) is 9.59 Å². The lowest BCUT2D eigenvalue weighted by Gasteiger charge is -2.12. The van der Waals surface area contributed by atoms with E-state index >= 15 is 0 Å². The fourth-order valence-electron chi connectivity index (χ4n) is 3.17. The molecule has 178 valence electrons. The van der Waals surface area contributed by atoms with Crippen molar-refractivity contribution < 1.29 is 14.3 Å². The molecule has 2 amide bonds. The van der Waals surface area contributed by atoms with Crippen molar-refractivity contribution in [2.75, 3.05) is 17.2 Å². The van der Waals surface area contributed by atoms with Crippen LogP contribution in [0, 0.1) is 32.1 Å². The Kier molecular flexibility index (Phi) is 8.53. The molecule has 0 aliphatic carbocycles. The van der Waals surface area contributed by atoms with Crippen LogP contribution in [0.25, 0.3) is 6.08 Å². The number of amides is 2. The Labute approximate surface area is 214 Å². The second-order valence-corrected chi connectivity index (χ2v) is 8.70. The van der Waals surface area contributed by atoms with Gasteiger partial charge in [0.1, 0.15) is 11.6 Å². The van der Waals surface area contributed by atoms with Crippen LogP contribution >= 0.6 is 23.2 Å². The number of aryl methyl sites for hydroxylation is 3. The summed E-state index contributed by atoms with van der Waals surface area (Å²) in [6.07, 6.45) is 1.38. The van der Waals surface area contributed by atoms with Crippen LogP contribution < -0.4 is 15.4 Å². The summed E-state index contributed by atoms with van der Waals surface area (Å²) in [6, 6.07) is 17.7. The molecular formula is C27H23Cl2N3O3. The first-order valence-electron chi connectivity index (χ1n) is 10.7. The highest BCUT2D eigenvalue weighted by molar-refractivity contribution is 6.37. The summed E-state index contributed by atoms with van der Waals surface area (Å²) in [5.74, 6) is -0.801. The molecule has 3 rings (SSSR count). The first kappa shape index (κ1) is 25.8. The van der Waals surface area contributed by atoms with Gasteiger partial charge in [0.15, 0.2) is 12.4 Å². The van der Waals surface area contributed by atoms with Gasteiger partial charge in [0, 0.05) is 11.4 Å². The number of halogens is 2. The molecule has 0 bridgehead atoms. The Morgan fingerprint density at radius 2 is 1.63 bits per heavy atom. The first-order valence-corrected chi connectivity index (χ1v) is 11.4. The second kappa shape index (κ2) is 11.6. The van der Waals surface area contributed by atoms with E-state index in [1.165, 1.54) is 18.2 Å². The van der Waals surface area contributed by atoms with Crippen LogP contribution in [-0.2, 0) is 9.59 Å². The van der Waals surface area contributed by atoms with Crippen LogP contribution in [0.3, 0.4) is 0 Å². The fourth-order valence-corrected chi connectivity index (χ4v) is 3.79. The number of carbonyl (C=O) groups is 2. The molecule has 0 fully saturated rings. The molecule has 3 aromatic carbocycles. The van der Waals surface area contributed by atoms with E-state index in [9.17, 15) is 14.9 Å². The maximum atomic E-state index is 12.6. The van der Waals surface area contributed by atoms with E-state index < -0.39 is 5.91 Å². The number of carbonyl (C=O) groups excluding carboxylic acids is 2. The fraction of sp³-hybridized carbons (Fsp3) is 0.148. The van der Waals surface area contributed by atoms with Gasteiger partial charge in [-0.15, -0.1) is 0 Å². The van der Waals surface area contributed by atoms with Gasteiger partial charge in [-0.2, -0.15) is 5.26 Å². The Hall–Kier alpha value is -3.79. The lowest BCUT2D eigenvalue weighted by atomic mass is 10.1. The van der Waals surface area contributed by atoms with E-state index in [1.807, 2.05) is 57.2 Å². The number of nitriles is 1. The molecule has 8 heteroatoms. The molecule has 0 saturated heterocycles. The standard InChI is InChI=1S/C27H23Cl2N3O3/c1-16-8-9-21(10-18(16)3)31-25(33)15-35-26-22(28)12-19(13-23(26)29)11-20(14-30)27(34)32-24-7-5-4-6-17(24)2/h4-13H,15H2,1-3H3,(H,31,33)(H,32,34)/b20-11-. The zero-order chi connectivity index (χ0) is 25.5. The van der Waals surface area contributed by atoms with Crippen LogP contribution in [0.15, 0.2) is 60.2 Å². The Morgan fingerprint density at radius 3 is 2.26 bits per heavy atom. The van der Waals surface area contributed by atoms with Crippen molar-refractivity contribution in [3.05, 3.63) is 92.5 Å². The molecule has 0 atom stereocenters. The van der Waals surface area contributed by atoms with Crippen molar-refractivity contribution >= 4 is 52.5 Å². The molecule has 0 aliphatic rings. The monoisotopic (exact) mass is 507 g/mol. The molecule has 0 unspecified atom stereocenters. The molecule has 35 heavy (non-hydrogen) atoms. The van der Waals surface area contributed by atoms with Crippen molar-refractivity contribution in [1.29, 1.82) is 5.26 Å². The lowest BCUT2D eigenvalue weighted by Crippen LogP contribution is -2.20. The van der Waals surface area contributed by atoms with Crippen LogP contribution in [0.2, 0.25) is 10.0 Å². The number of rotatable bonds is 7. The SMILES string of the molecule is Cc1ccc(NC(=O)COc2c(Cl)cc(/C=C(/C#N)C(=O)Nc3ccccc3C)cc2Cl)cc1C. The van der Waals surface area contributed by atoms with Gasteiger partial charge in [0.2, 0.25) is 0 Å². The van der Waals surface area contributed by atoms with Crippen molar-refractivity contribution in [3.8, 4) is 11.8 Å². The van der Waals surface area contributed by atoms with Crippen LogP contribution in [0.4, 0.5) is 11.4 Å². The van der Waals surface area contributed by atoms with Gasteiger partial charge in [0.05, 0.1) is 10.0 Å². The minimum absolute atomic E-state index is 0.123. The third-order valence-corrected chi connectivity index (χ3v) is 5.79. The number of ether oxygens (including phenoxy) is 1. The molecule has 2 N–H and O–H groups in total. The van der Waals surface area contributed by atoms with Gasteiger partial charge in [-0.25, -0.2) is 0 Å². The van der Waals surface area contributed by atoms with E-state index in [1.54, 1.807) is 12.1 Å². The van der Waals surface area contributed by atoms with E-state index in [0.717, 1.165) is 16.7 Å². The summed E-state index contributed by atoms with van der Waals surface area (Å²) in [7, 11) is 0. The summed E-state index contributed by atoms with van der Waals surface area (Å²) in [5, 5.41) is 15.2. The molecule has 0 aliphatic heterocycles. The highest BCUT2D eigenvalue weighted by Gasteiger charge is 2.15. The number of benzene rings is 3. The second-order valence-electron chi connectivity index (χ2n) is 7.89. The average Bonchev–Trinajstić information content (AvgIpc) is 2.80. The third kappa shape index (κ3) is 6.86. The number of nitrogens with one attached hydrogen (secondary N) is 2. The van der Waals surface area contributed by atoms with Gasteiger partial charge in [0.25, 0.3) is 11.8 Å². The molecule has 0 aromatic heterocycles. The number of hydrogen-bond donors (Lipinski definition) is 2. The maximum absolute atomic E-state index is 12.6. The Balaban J connectivity index is 1.70. The normalized spacial score (nSPS) is 10.9. The maximum Gasteiger partial charge on any atom is 0.266 e. The number of anilines is 2. The van der Waals surface area contributed by atoms with Gasteiger partial charge in [-0.05, 0) is 79.4 Å². The van der Waals surface area contributed by atoms with E-state index in [4.69, 9.17) is 27.9 Å². The van der Waals surface area contributed by atoms with Crippen molar-refractivity contribution in [3.63, 3.8) is 0 Å². The molecular weight excluding hydrogens is 485 g/mol. The van der Waals surface area contributed by atoms with Crippen molar-refractivity contribution in [1.82, 2.24) is 0 Å². The predicted molar refractivity (Wildman–Crippen MR) is 140 cm³/mol. The van der Waals surface area contributed by atoms with Crippen LogP contribution in [0.5, 0.6) is 5.75 Å². The number of para-hydroxylation sites is 1. The van der Waals surface area contributed by atoms with Crippen LogP contribution in [-0.4, -0.2) is 18.4 Å². The summed E-state index contributed by atoms with van der Waals surface area (Å²) < 4.78 is 5.54. The number of nitrogens with zero attached hydrogens (tertiary/aromatic N) is 1. The minimum atomic E-state index is -0.558. The van der Waals surface area contributed by atoms with E-state index in [-0.39, 0.29) is 33.9 Å². The molecule has 3 aromatic rings. The quantitative estimate of drug-likeness (QED) is 0.282. The zero-order valence-corrected chi connectivity index (χ0v) is 20.9. The third-order valence-electron chi connectivity index (χ3n) is 5.23. The average molecular weight is 508 g/mol.